The Morgan fingerprint density at radius 1 is 1.16 bits per heavy atom. The number of carbonyl (C=O) groups is 1. The molecule has 3 rings (SSSR count). The molecule has 0 aliphatic rings. The zero-order valence-electron chi connectivity index (χ0n) is 14.1. The molecule has 130 valence electrons. The first kappa shape index (κ1) is 17.2. The van der Waals surface area contributed by atoms with Gasteiger partial charge in [0.25, 0.3) is 5.91 Å². The summed E-state index contributed by atoms with van der Waals surface area (Å²) < 4.78 is 10.7. The lowest BCUT2D eigenvalue weighted by atomic mass is 10.1. The van der Waals surface area contributed by atoms with Crippen molar-refractivity contribution in [3.8, 4) is 11.5 Å². The Kier molecular flexibility index (Phi) is 5.14. The highest BCUT2D eigenvalue weighted by Gasteiger charge is 2.14. The van der Waals surface area contributed by atoms with Crippen molar-refractivity contribution in [3.63, 3.8) is 0 Å². The summed E-state index contributed by atoms with van der Waals surface area (Å²) in [4.78, 5) is 15.5. The van der Waals surface area contributed by atoms with Gasteiger partial charge >= 0.3 is 0 Å². The van der Waals surface area contributed by atoms with Gasteiger partial charge in [0.2, 0.25) is 0 Å². The van der Waals surface area contributed by atoms with Gasteiger partial charge in [-0.2, -0.15) is 0 Å². The van der Waals surface area contributed by atoms with Crippen LogP contribution in [0.1, 0.15) is 16.1 Å². The Bertz CT molecular complexity index is 888. The molecule has 6 heteroatoms. The van der Waals surface area contributed by atoms with Crippen LogP contribution in [0.15, 0.2) is 42.5 Å². The molecular weight excluding hydrogens is 340 g/mol. The Balaban J connectivity index is 1.56. The number of aryl methyl sites for hydroxylation is 1. The van der Waals surface area contributed by atoms with Crippen LogP contribution in [0.5, 0.6) is 11.5 Å². The number of methoxy groups -OCH3 is 1. The number of ether oxygens (including phenoxy) is 2. The third kappa shape index (κ3) is 3.88. The number of amides is 1. The van der Waals surface area contributed by atoms with Gasteiger partial charge in [-0.3, -0.25) is 4.79 Å². The van der Waals surface area contributed by atoms with Crippen LogP contribution in [0.2, 0.25) is 5.02 Å². The molecule has 0 bridgehead atoms. The van der Waals surface area contributed by atoms with E-state index in [9.17, 15) is 4.79 Å². The second-order valence-corrected chi connectivity index (χ2v) is 6.03. The molecule has 5 nitrogen and oxygen atoms in total. The average Bonchev–Trinajstić information content (AvgIpc) is 2.95. The highest BCUT2D eigenvalue weighted by Crippen LogP contribution is 2.24. The molecule has 0 unspecified atom stereocenters. The maximum absolute atomic E-state index is 12.4. The van der Waals surface area contributed by atoms with E-state index in [-0.39, 0.29) is 5.91 Å². The molecule has 1 aromatic heterocycles. The van der Waals surface area contributed by atoms with E-state index in [1.165, 1.54) is 0 Å². The third-order valence-corrected chi connectivity index (χ3v) is 4.20. The summed E-state index contributed by atoms with van der Waals surface area (Å²) in [6, 6.07) is 12.8. The second-order valence-electron chi connectivity index (χ2n) is 5.59. The second kappa shape index (κ2) is 7.49. The van der Waals surface area contributed by atoms with E-state index in [4.69, 9.17) is 21.1 Å². The maximum Gasteiger partial charge on any atom is 0.268 e. The van der Waals surface area contributed by atoms with Crippen LogP contribution < -0.4 is 14.8 Å². The molecule has 25 heavy (non-hydrogen) atoms. The van der Waals surface area contributed by atoms with Crippen LogP contribution >= 0.6 is 11.6 Å². The minimum absolute atomic E-state index is 0.164. The summed E-state index contributed by atoms with van der Waals surface area (Å²) in [5.41, 5.74) is 2.31. The Morgan fingerprint density at radius 2 is 1.88 bits per heavy atom. The van der Waals surface area contributed by atoms with Crippen molar-refractivity contribution in [3.05, 3.63) is 58.7 Å². The number of fused-ring (bicyclic) bond motifs is 1. The number of rotatable bonds is 6. The lowest BCUT2D eigenvalue weighted by molar-refractivity contribution is 0.0942. The summed E-state index contributed by atoms with van der Waals surface area (Å²) in [6.07, 6.45) is 0. The van der Waals surface area contributed by atoms with E-state index in [1.54, 1.807) is 13.2 Å². The van der Waals surface area contributed by atoms with E-state index in [2.05, 4.69) is 10.3 Å². The Labute approximate surface area is 150 Å². The molecule has 0 spiro atoms. The summed E-state index contributed by atoms with van der Waals surface area (Å²) in [7, 11) is 1.62. The maximum atomic E-state index is 12.4. The van der Waals surface area contributed by atoms with Crippen molar-refractivity contribution >= 4 is 28.4 Å². The minimum atomic E-state index is -0.164. The number of hydrogen-bond donors (Lipinski definition) is 2. The van der Waals surface area contributed by atoms with Gasteiger partial charge in [0.05, 0.1) is 13.7 Å². The minimum Gasteiger partial charge on any atom is -0.497 e. The smallest absolute Gasteiger partial charge is 0.268 e. The van der Waals surface area contributed by atoms with Crippen LogP contribution in [-0.2, 0) is 0 Å². The number of halogens is 1. The third-order valence-electron chi connectivity index (χ3n) is 3.96. The number of H-pyrrole nitrogens is 1. The zero-order valence-corrected chi connectivity index (χ0v) is 14.8. The monoisotopic (exact) mass is 358 g/mol. The van der Waals surface area contributed by atoms with Crippen molar-refractivity contribution in [1.29, 1.82) is 0 Å². The van der Waals surface area contributed by atoms with Crippen molar-refractivity contribution in [2.45, 2.75) is 6.92 Å². The molecule has 0 aliphatic heterocycles. The van der Waals surface area contributed by atoms with Gasteiger partial charge in [-0.1, -0.05) is 11.6 Å². The number of aromatic amines is 1. The van der Waals surface area contributed by atoms with Crippen LogP contribution in [0.4, 0.5) is 0 Å². The quantitative estimate of drug-likeness (QED) is 0.656. The fraction of sp³-hybridized carbons (Fsp3) is 0.211. The molecule has 1 amide bonds. The standard InChI is InChI=1S/C19H19ClN2O3/c1-12-16-11-13(20)3-8-17(16)22-18(12)19(23)21-9-10-25-15-6-4-14(24-2)5-7-15/h3-8,11,22H,9-10H2,1-2H3,(H,21,23). The van der Waals surface area contributed by atoms with Gasteiger partial charge in [-0.15, -0.1) is 0 Å². The van der Waals surface area contributed by atoms with Crippen LogP contribution in [0, 0.1) is 6.92 Å². The molecular formula is C19H19ClN2O3. The Morgan fingerprint density at radius 3 is 2.60 bits per heavy atom. The molecule has 0 fully saturated rings. The number of carbonyl (C=O) groups excluding carboxylic acids is 1. The predicted octanol–water partition coefficient (Wildman–Crippen LogP) is 3.95. The number of aromatic nitrogens is 1. The number of benzene rings is 2. The SMILES string of the molecule is COc1ccc(OCCNC(=O)c2[nH]c3ccc(Cl)cc3c2C)cc1. The Hall–Kier alpha value is -2.66. The van der Waals surface area contributed by atoms with Crippen LogP contribution in [0.25, 0.3) is 10.9 Å². The highest BCUT2D eigenvalue weighted by atomic mass is 35.5. The molecule has 0 saturated carbocycles. The summed E-state index contributed by atoms with van der Waals surface area (Å²) in [6.45, 7) is 2.68. The van der Waals surface area contributed by atoms with E-state index in [1.807, 2.05) is 43.3 Å². The van der Waals surface area contributed by atoms with Gasteiger partial charge in [0, 0.05) is 15.9 Å². The first-order chi connectivity index (χ1) is 12.1. The van der Waals surface area contributed by atoms with Gasteiger partial charge in [-0.05, 0) is 55.0 Å². The summed E-state index contributed by atoms with van der Waals surface area (Å²) in [5.74, 6) is 1.34. The van der Waals surface area contributed by atoms with E-state index < -0.39 is 0 Å². The molecule has 3 aromatic rings. The van der Waals surface area contributed by atoms with Gasteiger partial charge < -0.3 is 19.8 Å². The van der Waals surface area contributed by atoms with Crippen LogP contribution in [-0.4, -0.2) is 31.2 Å². The molecule has 2 aromatic carbocycles. The highest BCUT2D eigenvalue weighted by molar-refractivity contribution is 6.31. The first-order valence-corrected chi connectivity index (χ1v) is 8.29. The van der Waals surface area contributed by atoms with Crippen molar-refractivity contribution in [1.82, 2.24) is 10.3 Å². The van der Waals surface area contributed by atoms with Gasteiger partial charge in [0.15, 0.2) is 0 Å². The van der Waals surface area contributed by atoms with E-state index in [0.717, 1.165) is 28.0 Å². The molecule has 0 atom stereocenters. The first-order valence-electron chi connectivity index (χ1n) is 7.91. The van der Waals surface area contributed by atoms with Gasteiger partial charge in [-0.25, -0.2) is 0 Å². The fourth-order valence-corrected chi connectivity index (χ4v) is 2.79. The molecule has 0 radical (unpaired) electrons. The van der Waals surface area contributed by atoms with E-state index >= 15 is 0 Å². The lowest BCUT2D eigenvalue weighted by Crippen LogP contribution is -2.28. The van der Waals surface area contributed by atoms with Gasteiger partial charge in [0.1, 0.15) is 23.8 Å². The lowest BCUT2D eigenvalue weighted by Gasteiger charge is -2.08. The zero-order chi connectivity index (χ0) is 17.8. The fourth-order valence-electron chi connectivity index (χ4n) is 2.62. The summed E-state index contributed by atoms with van der Waals surface area (Å²) in [5, 5.41) is 4.45. The number of nitrogens with one attached hydrogen (secondary N) is 2. The van der Waals surface area contributed by atoms with Crippen molar-refractivity contribution in [2.24, 2.45) is 0 Å². The largest absolute Gasteiger partial charge is 0.497 e. The predicted molar refractivity (Wildman–Crippen MR) is 98.9 cm³/mol. The van der Waals surface area contributed by atoms with Crippen LogP contribution in [0.3, 0.4) is 0 Å². The normalized spacial score (nSPS) is 10.7. The molecule has 0 saturated heterocycles. The molecule has 0 aliphatic carbocycles. The van der Waals surface area contributed by atoms with E-state index in [0.29, 0.717) is 23.9 Å². The molecule has 2 N–H and O–H groups in total. The number of hydrogen-bond acceptors (Lipinski definition) is 3. The average molecular weight is 359 g/mol. The van der Waals surface area contributed by atoms with Crippen molar-refractivity contribution in [2.75, 3.05) is 20.3 Å². The topological polar surface area (TPSA) is 63.4 Å². The van der Waals surface area contributed by atoms with Crippen molar-refractivity contribution < 1.29 is 14.3 Å². The molecule has 1 heterocycles. The summed E-state index contributed by atoms with van der Waals surface area (Å²) >= 11 is 6.02.